The van der Waals surface area contributed by atoms with E-state index in [1.54, 1.807) is 6.07 Å². The van der Waals surface area contributed by atoms with E-state index in [9.17, 15) is 22.5 Å². The quantitative estimate of drug-likeness (QED) is 0.843. The Morgan fingerprint density at radius 2 is 1.60 bits per heavy atom. The van der Waals surface area contributed by atoms with Crippen LogP contribution in [0.25, 0.3) is 0 Å². The summed E-state index contributed by atoms with van der Waals surface area (Å²) in [6.45, 7) is 0. The zero-order valence-corrected chi connectivity index (χ0v) is 14.4. The highest BCUT2D eigenvalue weighted by Crippen LogP contribution is 2.41. The molecule has 2 atom stereocenters. The molecule has 0 aliphatic carbocycles. The van der Waals surface area contributed by atoms with Crippen molar-refractivity contribution in [3.63, 3.8) is 0 Å². The van der Waals surface area contributed by atoms with Crippen LogP contribution in [0.15, 0.2) is 53.4 Å². The highest BCUT2D eigenvalue weighted by molar-refractivity contribution is 7.85. The number of rotatable bonds is 6. The number of para-hydroxylation sites is 1. The number of ether oxygens (including phenoxy) is 2. The van der Waals surface area contributed by atoms with Gasteiger partial charge >= 0.3 is 6.18 Å². The summed E-state index contributed by atoms with van der Waals surface area (Å²) >= 11 is 0. The molecular weight excluding hydrogens is 357 g/mol. The Balaban J connectivity index is 2.42. The summed E-state index contributed by atoms with van der Waals surface area (Å²) in [7, 11) is 0.561. The minimum Gasteiger partial charge on any atom is -0.497 e. The van der Waals surface area contributed by atoms with Crippen molar-refractivity contribution in [1.29, 1.82) is 0 Å². The lowest BCUT2D eigenvalue weighted by Gasteiger charge is -2.30. The Labute approximate surface area is 145 Å². The van der Waals surface area contributed by atoms with E-state index in [4.69, 9.17) is 9.47 Å². The molecule has 25 heavy (non-hydrogen) atoms. The molecule has 0 bridgehead atoms. The average molecular weight is 374 g/mol. The van der Waals surface area contributed by atoms with Crippen LogP contribution in [-0.4, -0.2) is 35.5 Å². The van der Waals surface area contributed by atoms with Crippen molar-refractivity contribution in [2.45, 2.75) is 16.7 Å². The maximum Gasteiger partial charge on any atom is 0.422 e. The van der Waals surface area contributed by atoms with Crippen molar-refractivity contribution in [2.75, 3.05) is 20.0 Å². The van der Waals surface area contributed by atoms with Crippen LogP contribution >= 0.6 is 0 Å². The number of halogens is 3. The Morgan fingerprint density at radius 3 is 2.12 bits per heavy atom. The lowest BCUT2D eigenvalue weighted by molar-refractivity contribution is -0.256. The van der Waals surface area contributed by atoms with Crippen LogP contribution in [0, 0.1) is 0 Å². The van der Waals surface area contributed by atoms with E-state index >= 15 is 0 Å². The van der Waals surface area contributed by atoms with Gasteiger partial charge in [0.25, 0.3) is 0 Å². The van der Waals surface area contributed by atoms with Crippen LogP contribution in [0.2, 0.25) is 0 Å². The fraction of sp³-hybridized carbons (Fsp3) is 0.294. The summed E-state index contributed by atoms with van der Waals surface area (Å²) in [6, 6.07) is 10.9. The number of aliphatic hydroxyl groups is 1. The van der Waals surface area contributed by atoms with E-state index in [2.05, 4.69) is 0 Å². The predicted molar refractivity (Wildman–Crippen MR) is 87.2 cm³/mol. The molecular formula is C17H17F3O4S. The number of hydrogen-bond acceptors (Lipinski definition) is 4. The molecule has 2 aromatic carbocycles. The van der Waals surface area contributed by atoms with E-state index in [-0.39, 0.29) is 10.6 Å². The molecule has 0 fully saturated rings. The van der Waals surface area contributed by atoms with Crippen LogP contribution in [0.1, 0.15) is 5.56 Å². The largest absolute Gasteiger partial charge is 0.497 e. The summed E-state index contributed by atoms with van der Waals surface area (Å²) in [5, 5.41) is 10.4. The van der Waals surface area contributed by atoms with Crippen LogP contribution in [0.4, 0.5) is 13.2 Å². The summed E-state index contributed by atoms with van der Waals surface area (Å²) in [4.78, 5) is 0.0844. The fourth-order valence-corrected chi connectivity index (χ4v) is 3.74. The van der Waals surface area contributed by atoms with Gasteiger partial charge in [0, 0.05) is 0 Å². The average Bonchev–Trinajstić information content (AvgIpc) is 2.60. The third kappa shape index (κ3) is 3.96. The van der Waals surface area contributed by atoms with Gasteiger partial charge in [0.1, 0.15) is 11.5 Å². The van der Waals surface area contributed by atoms with Gasteiger partial charge in [-0.3, -0.25) is 4.21 Å². The number of benzene rings is 2. The molecule has 0 aliphatic heterocycles. The number of methoxy groups -OCH3 is 2. The van der Waals surface area contributed by atoms with Crippen molar-refractivity contribution >= 4 is 10.8 Å². The minimum atomic E-state index is -5.01. The maximum absolute atomic E-state index is 13.6. The topological polar surface area (TPSA) is 55.8 Å². The summed E-state index contributed by atoms with van der Waals surface area (Å²) in [5.41, 5.74) is -3.69. The van der Waals surface area contributed by atoms with Gasteiger partial charge in [0.15, 0.2) is 5.60 Å². The van der Waals surface area contributed by atoms with Crippen molar-refractivity contribution in [3.05, 3.63) is 54.1 Å². The zero-order valence-electron chi connectivity index (χ0n) is 13.5. The third-order valence-corrected chi connectivity index (χ3v) is 5.20. The van der Waals surface area contributed by atoms with Gasteiger partial charge in [-0.15, -0.1) is 0 Å². The van der Waals surface area contributed by atoms with Gasteiger partial charge < -0.3 is 14.6 Å². The fourth-order valence-electron chi connectivity index (χ4n) is 2.27. The summed E-state index contributed by atoms with van der Waals surface area (Å²) in [5.74, 6) is -0.511. The van der Waals surface area contributed by atoms with Crippen LogP contribution in [0.5, 0.6) is 11.5 Å². The second-order valence-electron chi connectivity index (χ2n) is 5.23. The van der Waals surface area contributed by atoms with Gasteiger partial charge in [-0.2, -0.15) is 13.2 Å². The molecule has 2 unspecified atom stereocenters. The zero-order chi connectivity index (χ0) is 18.7. The van der Waals surface area contributed by atoms with Crippen LogP contribution < -0.4 is 9.47 Å². The van der Waals surface area contributed by atoms with E-state index in [1.807, 2.05) is 0 Å². The van der Waals surface area contributed by atoms with Crippen molar-refractivity contribution in [2.24, 2.45) is 0 Å². The minimum absolute atomic E-state index is 0.0844. The van der Waals surface area contributed by atoms with Gasteiger partial charge in [-0.1, -0.05) is 24.3 Å². The van der Waals surface area contributed by atoms with Crippen LogP contribution in [0.3, 0.4) is 0 Å². The molecule has 8 heteroatoms. The second-order valence-corrected chi connectivity index (χ2v) is 6.65. The molecule has 4 nitrogen and oxygen atoms in total. The molecule has 1 N–H and O–H groups in total. The molecule has 0 saturated heterocycles. The predicted octanol–water partition coefficient (Wildman–Crippen LogP) is 3.26. The molecule has 2 rings (SSSR count). The van der Waals surface area contributed by atoms with Crippen molar-refractivity contribution in [3.8, 4) is 11.5 Å². The first-order valence-electron chi connectivity index (χ1n) is 7.18. The smallest absolute Gasteiger partial charge is 0.422 e. The molecule has 0 aromatic heterocycles. The first-order valence-corrected chi connectivity index (χ1v) is 8.50. The van der Waals surface area contributed by atoms with E-state index in [0.717, 1.165) is 12.1 Å². The monoisotopic (exact) mass is 374 g/mol. The highest BCUT2D eigenvalue weighted by Gasteiger charge is 2.56. The molecule has 2 aromatic rings. The third-order valence-electron chi connectivity index (χ3n) is 3.69. The van der Waals surface area contributed by atoms with Gasteiger partial charge in [0.2, 0.25) is 0 Å². The standard InChI is InChI=1S/C17H17F3O4S/c1-23-13-9-7-12(8-10-13)16(21,17(18,19)20)11-25(22)15-6-4-3-5-14(15)24-2/h3-10,21H,11H2,1-2H3. The highest BCUT2D eigenvalue weighted by atomic mass is 32.2. The summed E-state index contributed by atoms with van der Waals surface area (Å²) < 4.78 is 63.2. The lowest BCUT2D eigenvalue weighted by Crippen LogP contribution is -2.46. The first kappa shape index (κ1) is 19.3. The number of alkyl halides is 3. The van der Waals surface area contributed by atoms with E-state index < -0.39 is 33.9 Å². The number of hydrogen-bond donors (Lipinski definition) is 1. The molecule has 0 spiro atoms. The van der Waals surface area contributed by atoms with Gasteiger partial charge in [-0.25, -0.2) is 0 Å². The van der Waals surface area contributed by atoms with Gasteiger partial charge in [-0.05, 0) is 29.8 Å². The molecule has 0 radical (unpaired) electrons. The Morgan fingerprint density at radius 1 is 1.00 bits per heavy atom. The SMILES string of the molecule is COc1ccc(C(O)(CS(=O)c2ccccc2OC)C(F)(F)F)cc1. The van der Waals surface area contributed by atoms with Crippen molar-refractivity contribution < 1.29 is 32.0 Å². The molecule has 136 valence electrons. The van der Waals surface area contributed by atoms with Crippen LogP contribution in [-0.2, 0) is 16.4 Å². The van der Waals surface area contributed by atoms with E-state index in [0.29, 0.717) is 5.75 Å². The first-order chi connectivity index (χ1) is 11.7. The lowest BCUT2D eigenvalue weighted by atomic mass is 9.95. The molecule has 0 heterocycles. The van der Waals surface area contributed by atoms with E-state index in [1.165, 1.54) is 44.6 Å². The molecule has 0 aliphatic rings. The maximum atomic E-state index is 13.6. The van der Waals surface area contributed by atoms with Gasteiger partial charge in [0.05, 0.1) is 35.7 Å². The normalized spacial score (nSPS) is 15.3. The Bertz CT molecular complexity index is 746. The Hall–Kier alpha value is -2.06. The van der Waals surface area contributed by atoms with Crippen molar-refractivity contribution in [1.82, 2.24) is 0 Å². The second kappa shape index (κ2) is 7.45. The Kier molecular flexibility index (Phi) is 5.74. The molecule has 0 amide bonds. The summed E-state index contributed by atoms with van der Waals surface area (Å²) in [6.07, 6.45) is -5.01. The molecule has 0 saturated carbocycles.